The second-order valence-electron chi connectivity index (χ2n) is 5.68. The van der Waals surface area contributed by atoms with Crippen LogP contribution in [0.1, 0.15) is 31.2 Å². The van der Waals surface area contributed by atoms with E-state index >= 15 is 0 Å². The molecule has 25 heavy (non-hydrogen) atoms. The zero-order valence-electron chi connectivity index (χ0n) is 13.8. The first-order valence-corrected chi connectivity index (χ1v) is 8.78. The van der Waals surface area contributed by atoms with Crippen molar-refractivity contribution in [3.63, 3.8) is 0 Å². The van der Waals surface area contributed by atoms with Gasteiger partial charge in [-0.25, -0.2) is 0 Å². The fourth-order valence-corrected chi connectivity index (χ4v) is 2.95. The van der Waals surface area contributed by atoms with Crippen LogP contribution in [0.3, 0.4) is 0 Å². The zero-order valence-corrected chi connectivity index (χ0v) is 14.6. The molecule has 2 N–H and O–H groups in total. The summed E-state index contributed by atoms with van der Waals surface area (Å²) in [4.78, 5) is 25.1. The topological polar surface area (TPSA) is 58.2 Å². The first-order chi connectivity index (χ1) is 12.1. The van der Waals surface area contributed by atoms with E-state index in [1.807, 2.05) is 42.6 Å². The molecule has 0 saturated carbocycles. The monoisotopic (exact) mass is 350 g/mol. The van der Waals surface area contributed by atoms with Gasteiger partial charge in [0.15, 0.2) is 0 Å². The summed E-state index contributed by atoms with van der Waals surface area (Å²) in [6.07, 6.45) is 0. The fraction of sp³-hybridized carbons (Fsp3) is 0.100. The van der Waals surface area contributed by atoms with E-state index < -0.39 is 0 Å². The average Bonchev–Trinajstić information content (AvgIpc) is 3.16. The maximum Gasteiger partial charge on any atom is 0.265 e. The van der Waals surface area contributed by atoms with Crippen LogP contribution < -0.4 is 10.6 Å². The molecule has 3 rings (SSSR count). The Morgan fingerprint density at radius 3 is 2.48 bits per heavy atom. The number of anilines is 1. The Labute approximate surface area is 150 Å². The molecular weight excluding hydrogens is 332 g/mol. The molecule has 4 nitrogen and oxygen atoms in total. The second-order valence-corrected chi connectivity index (χ2v) is 6.63. The largest absolute Gasteiger partial charge is 0.348 e. The van der Waals surface area contributed by atoms with Gasteiger partial charge in [0.1, 0.15) is 0 Å². The molecule has 5 heteroatoms. The van der Waals surface area contributed by atoms with Crippen LogP contribution in [-0.4, -0.2) is 11.8 Å². The van der Waals surface area contributed by atoms with Crippen molar-refractivity contribution in [1.82, 2.24) is 5.32 Å². The number of hydrogen-bond donors (Lipinski definition) is 2. The summed E-state index contributed by atoms with van der Waals surface area (Å²) in [6, 6.07) is 18.5. The summed E-state index contributed by atoms with van der Waals surface area (Å²) in [5.74, 6) is -0.347. The van der Waals surface area contributed by atoms with Crippen LogP contribution in [0.5, 0.6) is 0 Å². The van der Waals surface area contributed by atoms with Crippen LogP contribution in [-0.2, 0) is 6.54 Å². The smallest absolute Gasteiger partial charge is 0.265 e. The summed E-state index contributed by atoms with van der Waals surface area (Å²) in [7, 11) is 0. The Balaban J connectivity index is 1.63. The number of thiophene rings is 1. The van der Waals surface area contributed by atoms with Crippen molar-refractivity contribution in [3.8, 4) is 0 Å². The van der Waals surface area contributed by atoms with E-state index in [0.717, 1.165) is 5.56 Å². The van der Waals surface area contributed by atoms with Gasteiger partial charge in [-0.1, -0.05) is 42.0 Å². The van der Waals surface area contributed by atoms with E-state index in [4.69, 9.17) is 0 Å². The molecular formula is C20H18N2O2S. The number of nitrogens with one attached hydrogen (secondary N) is 2. The van der Waals surface area contributed by atoms with Crippen LogP contribution in [0, 0.1) is 6.92 Å². The molecule has 0 atom stereocenters. The van der Waals surface area contributed by atoms with Gasteiger partial charge in [0.25, 0.3) is 11.8 Å². The number of hydrogen-bond acceptors (Lipinski definition) is 3. The highest BCUT2D eigenvalue weighted by Crippen LogP contribution is 2.15. The summed E-state index contributed by atoms with van der Waals surface area (Å²) in [5.41, 5.74) is 3.34. The van der Waals surface area contributed by atoms with E-state index in [1.54, 1.807) is 30.3 Å². The van der Waals surface area contributed by atoms with Gasteiger partial charge in [-0.15, -0.1) is 11.3 Å². The number of benzene rings is 2. The molecule has 0 aliphatic heterocycles. The lowest BCUT2D eigenvalue weighted by Gasteiger charge is -2.08. The minimum atomic E-state index is -0.174. The predicted octanol–water partition coefficient (Wildman–Crippen LogP) is 4.24. The highest BCUT2D eigenvalue weighted by Gasteiger charge is 2.10. The van der Waals surface area contributed by atoms with Crippen molar-refractivity contribution < 1.29 is 9.59 Å². The molecule has 0 spiro atoms. The standard InChI is InChI=1S/C20H18N2O2S/c1-14-7-9-15(10-8-14)13-21-19(23)16-4-2-5-17(12-16)22-20(24)18-6-3-11-25-18/h2-12H,13H2,1H3,(H,21,23)(H,22,24). The van der Waals surface area contributed by atoms with E-state index in [9.17, 15) is 9.59 Å². The number of carbonyl (C=O) groups excluding carboxylic acids is 2. The number of amides is 2. The Morgan fingerprint density at radius 2 is 1.76 bits per heavy atom. The third kappa shape index (κ3) is 4.55. The second kappa shape index (κ2) is 7.77. The first kappa shape index (κ1) is 16.9. The molecule has 0 bridgehead atoms. The van der Waals surface area contributed by atoms with Crippen LogP contribution in [0.25, 0.3) is 0 Å². The summed E-state index contributed by atoms with van der Waals surface area (Å²) in [6.45, 7) is 2.49. The van der Waals surface area contributed by atoms with Gasteiger partial charge < -0.3 is 10.6 Å². The van der Waals surface area contributed by atoms with E-state index in [1.165, 1.54) is 16.9 Å². The van der Waals surface area contributed by atoms with Crippen molar-refractivity contribution in [3.05, 3.63) is 87.6 Å². The van der Waals surface area contributed by atoms with Gasteiger partial charge in [-0.05, 0) is 42.1 Å². The van der Waals surface area contributed by atoms with Crippen LogP contribution >= 0.6 is 11.3 Å². The molecule has 2 amide bonds. The quantitative estimate of drug-likeness (QED) is 0.723. The Morgan fingerprint density at radius 1 is 0.960 bits per heavy atom. The first-order valence-electron chi connectivity index (χ1n) is 7.90. The third-order valence-corrected chi connectivity index (χ3v) is 4.57. The van der Waals surface area contributed by atoms with Crippen molar-refractivity contribution in [2.45, 2.75) is 13.5 Å². The molecule has 0 radical (unpaired) electrons. The average molecular weight is 350 g/mol. The van der Waals surface area contributed by atoms with Crippen molar-refractivity contribution >= 4 is 28.8 Å². The lowest BCUT2D eigenvalue weighted by Crippen LogP contribution is -2.23. The van der Waals surface area contributed by atoms with Gasteiger partial charge in [-0.3, -0.25) is 9.59 Å². The van der Waals surface area contributed by atoms with Gasteiger partial charge in [0.05, 0.1) is 4.88 Å². The van der Waals surface area contributed by atoms with E-state index in [0.29, 0.717) is 22.7 Å². The van der Waals surface area contributed by atoms with Gasteiger partial charge in [0.2, 0.25) is 0 Å². The number of rotatable bonds is 5. The van der Waals surface area contributed by atoms with Gasteiger partial charge in [-0.2, -0.15) is 0 Å². The summed E-state index contributed by atoms with van der Waals surface area (Å²) < 4.78 is 0. The molecule has 126 valence electrons. The van der Waals surface area contributed by atoms with Crippen LogP contribution in [0.15, 0.2) is 66.0 Å². The van der Waals surface area contributed by atoms with Crippen LogP contribution in [0.4, 0.5) is 5.69 Å². The minimum absolute atomic E-state index is 0.173. The molecule has 0 aliphatic carbocycles. The molecule has 3 aromatic rings. The normalized spacial score (nSPS) is 10.3. The Kier molecular flexibility index (Phi) is 5.26. The minimum Gasteiger partial charge on any atom is -0.348 e. The Bertz CT molecular complexity index is 871. The summed E-state index contributed by atoms with van der Waals surface area (Å²) in [5, 5.41) is 7.56. The third-order valence-electron chi connectivity index (χ3n) is 3.70. The van der Waals surface area contributed by atoms with Gasteiger partial charge in [0, 0.05) is 17.8 Å². The Hall–Kier alpha value is -2.92. The maximum absolute atomic E-state index is 12.3. The lowest BCUT2D eigenvalue weighted by molar-refractivity contribution is 0.0949. The van der Waals surface area contributed by atoms with Crippen molar-refractivity contribution in [2.75, 3.05) is 5.32 Å². The summed E-state index contributed by atoms with van der Waals surface area (Å²) >= 11 is 1.38. The highest BCUT2D eigenvalue weighted by atomic mass is 32.1. The predicted molar refractivity (Wildman–Crippen MR) is 101 cm³/mol. The van der Waals surface area contributed by atoms with E-state index in [-0.39, 0.29) is 11.8 Å². The molecule has 0 saturated heterocycles. The van der Waals surface area contributed by atoms with Crippen LogP contribution in [0.2, 0.25) is 0 Å². The molecule has 1 aromatic heterocycles. The number of aryl methyl sites for hydroxylation is 1. The highest BCUT2D eigenvalue weighted by molar-refractivity contribution is 7.12. The lowest BCUT2D eigenvalue weighted by atomic mass is 10.1. The SMILES string of the molecule is Cc1ccc(CNC(=O)c2cccc(NC(=O)c3cccs3)c2)cc1. The molecule has 2 aromatic carbocycles. The van der Waals surface area contributed by atoms with E-state index in [2.05, 4.69) is 10.6 Å². The maximum atomic E-state index is 12.3. The van der Waals surface area contributed by atoms with Crippen molar-refractivity contribution in [1.29, 1.82) is 0 Å². The fourth-order valence-electron chi connectivity index (χ4n) is 2.33. The van der Waals surface area contributed by atoms with Crippen molar-refractivity contribution in [2.24, 2.45) is 0 Å². The molecule has 0 fully saturated rings. The zero-order chi connectivity index (χ0) is 17.6. The molecule has 0 unspecified atom stereocenters. The molecule has 1 heterocycles. The van der Waals surface area contributed by atoms with Gasteiger partial charge >= 0.3 is 0 Å². The molecule has 0 aliphatic rings. The number of carbonyl (C=O) groups is 2.